The molecule has 1 heterocycles. The molecule has 0 amide bonds. The highest BCUT2D eigenvalue weighted by molar-refractivity contribution is 7.98. The molecule has 3 nitrogen and oxygen atoms in total. The highest BCUT2D eigenvalue weighted by Gasteiger charge is 2.03. The molecule has 2 aromatic carbocycles. The predicted molar refractivity (Wildman–Crippen MR) is 81.0 cm³/mol. The van der Waals surface area contributed by atoms with Crippen molar-refractivity contribution in [2.24, 2.45) is 0 Å². The van der Waals surface area contributed by atoms with Crippen LogP contribution >= 0.6 is 11.8 Å². The Morgan fingerprint density at radius 3 is 2.79 bits per heavy atom. The van der Waals surface area contributed by atoms with Crippen molar-refractivity contribution in [3.63, 3.8) is 0 Å². The summed E-state index contributed by atoms with van der Waals surface area (Å²) in [6.07, 6.45) is 3.66. The van der Waals surface area contributed by atoms with Gasteiger partial charge in [0.25, 0.3) is 0 Å². The number of thioether (sulfide) groups is 1. The number of aromatic nitrogens is 2. The third kappa shape index (κ3) is 2.53. The first-order valence-electron chi connectivity index (χ1n) is 5.97. The first kappa shape index (κ1) is 12.0. The summed E-state index contributed by atoms with van der Waals surface area (Å²) in [5, 5.41) is 4.38. The van der Waals surface area contributed by atoms with Crippen LogP contribution in [0, 0.1) is 0 Å². The minimum absolute atomic E-state index is 0.837. The van der Waals surface area contributed by atoms with Gasteiger partial charge in [0.15, 0.2) is 0 Å². The largest absolute Gasteiger partial charge is 0.340 e. The molecule has 1 N–H and O–H groups in total. The van der Waals surface area contributed by atoms with E-state index in [1.165, 1.54) is 4.90 Å². The van der Waals surface area contributed by atoms with E-state index in [0.717, 1.165) is 22.4 Å². The van der Waals surface area contributed by atoms with Crippen LogP contribution in [-0.4, -0.2) is 16.2 Å². The molecule has 3 aromatic rings. The number of benzene rings is 2. The summed E-state index contributed by atoms with van der Waals surface area (Å²) in [7, 11) is 0. The Bertz CT molecular complexity index is 707. The molecule has 0 saturated carbocycles. The molecule has 0 saturated heterocycles. The van der Waals surface area contributed by atoms with Crippen molar-refractivity contribution >= 4 is 34.2 Å². The van der Waals surface area contributed by atoms with E-state index in [2.05, 4.69) is 33.7 Å². The van der Waals surface area contributed by atoms with Crippen molar-refractivity contribution < 1.29 is 0 Å². The Morgan fingerprint density at radius 1 is 1.00 bits per heavy atom. The summed E-state index contributed by atoms with van der Waals surface area (Å²) < 4.78 is 0. The second kappa shape index (κ2) is 5.28. The quantitative estimate of drug-likeness (QED) is 0.725. The fraction of sp³-hybridized carbons (Fsp3) is 0.0667. The van der Waals surface area contributed by atoms with Crippen LogP contribution < -0.4 is 5.32 Å². The van der Waals surface area contributed by atoms with Crippen LogP contribution in [0.5, 0.6) is 0 Å². The molecule has 0 aliphatic rings. The van der Waals surface area contributed by atoms with E-state index in [1.807, 2.05) is 36.4 Å². The molecule has 0 aliphatic carbocycles. The van der Waals surface area contributed by atoms with Crippen LogP contribution in [0.25, 0.3) is 10.9 Å². The zero-order chi connectivity index (χ0) is 13.1. The zero-order valence-corrected chi connectivity index (χ0v) is 11.3. The maximum atomic E-state index is 4.33. The molecule has 3 rings (SSSR count). The third-order valence-corrected chi connectivity index (χ3v) is 3.60. The standard InChI is InChI=1S/C15H13N3S/c1-19-12-6-4-5-11(9-12)18-15-13-7-2-3-8-14(13)16-10-17-15/h2-10H,1H3,(H,16,17,18). The fourth-order valence-electron chi connectivity index (χ4n) is 1.94. The molecule has 0 radical (unpaired) electrons. The summed E-state index contributed by atoms with van der Waals surface area (Å²) in [6, 6.07) is 16.3. The summed E-state index contributed by atoms with van der Waals surface area (Å²) in [5.41, 5.74) is 1.98. The minimum atomic E-state index is 0.837. The second-order valence-electron chi connectivity index (χ2n) is 4.10. The SMILES string of the molecule is CSc1cccc(Nc2ncnc3ccccc23)c1. The Morgan fingerprint density at radius 2 is 1.89 bits per heavy atom. The zero-order valence-electron chi connectivity index (χ0n) is 10.5. The molecule has 0 unspecified atom stereocenters. The van der Waals surface area contributed by atoms with Crippen LogP contribution in [0.2, 0.25) is 0 Å². The van der Waals surface area contributed by atoms with Crippen LogP contribution in [0.3, 0.4) is 0 Å². The lowest BCUT2D eigenvalue weighted by molar-refractivity contribution is 1.22. The van der Waals surface area contributed by atoms with Crippen LogP contribution in [0.15, 0.2) is 59.8 Å². The van der Waals surface area contributed by atoms with E-state index in [0.29, 0.717) is 0 Å². The average molecular weight is 267 g/mol. The summed E-state index contributed by atoms with van der Waals surface area (Å²) >= 11 is 1.72. The average Bonchev–Trinajstić information content (AvgIpc) is 2.48. The topological polar surface area (TPSA) is 37.8 Å². The van der Waals surface area contributed by atoms with Crippen molar-refractivity contribution in [1.82, 2.24) is 9.97 Å². The molecule has 0 bridgehead atoms. The molecule has 0 aliphatic heterocycles. The van der Waals surface area contributed by atoms with E-state index >= 15 is 0 Å². The smallest absolute Gasteiger partial charge is 0.141 e. The van der Waals surface area contributed by atoms with Crippen molar-refractivity contribution in [1.29, 1.82) is 0 Å². The van der Waals surface area contributed by atoms with Gasteiger partial charge in [0.05, 0.1) is 5.52 Å². The van der Waals surface area contributed by atoms with Gasteiger partial charge < -0.3 is 5.32 Å². The third-order valence-electron chi connectivity index (χ3n) is 2.88. The highest BCUT2D eigenvalue weighted by atomic mass is 32.2. The molecule has 0 fully saturated rings. The molecule has 4 heteroatoms. The maximum Gasteiger partial charge on any atom is 0.141 e. The van der Waals surface area contributed by atoms with Gasteiger partial charge in [0, 0.05) is 16.0 Å². The number of para-hydroxylation sites is 1. The molecule has 1 aromatic heterocycles. The Balaban J connectivity index is 2.01. The molecule has 0 spiro atoms. The summed E-state index contributed by atoms with van der Waals surface area (Å²) in [5.74, 6) is 0.837. The fourth-order valence-corrected chi connectivity index (χ4v) is 2.40. The molecule has 0 atom stereocenters. The van der Waals surface area contributed by atoms with Crippen LogP contribution in [-0.2, 0) is 0 Å². The van der Waals surface area contributed by atoms with Gasteiger partial charge in [-0.15, -0.1) is 11.8 Å². The van der Waals surface area contributed by atoms with E-state index in [4.69, 9.17) is 0 Å². The highest BCUT2D eigenvalue weighted by Crippen LogP contribution is 2.25. The predicted octanol–water partition coefficient (Wildman–Crippen LogP) is 4.10. The van der Waals surface area contributed by atoms with Gasteiger partial charge >= 0.3 is 0 Å². The van der Waals surface area contributed by atoms with E-state index in [1.54, 1.807) is 18.1 Å². The molecule has 94 valence electrons. The van der Waals surface area contributed by atoms with Crippen molar-refractivity contribution in [3.8, 4) is 0 Å². The van der Waals surface area contributed by atoms with Crippen LogP contribution in [0.1, 0.15) is 0 Å². The summed E-state index contributed by atoms with van der Waals surface area (Å²) in [4.78, 5) is 9.82. The summed E-state index contributed by atoms with van der Waals surface area (Å²) in [6.45, 7) is 0. The number of hydrogen-bond acceptors (Lipinski definition) is 4. The van der Waals surface area contributed by atoms with Crippen LogP contribution in [0.4, 0.5) is 11.5 Å². The maximum absolute atomic E-state index is 4.33. The monoisotopic (exact) mass is 267 g/mol. The van der Waals surface area contributed by atoms with Gasteiger partial charge in [0.2, 0.25) is 0 Å². The molecule has 19 heavy (non-hydrogen) atoms. The Kier molecular flexibility index (Phi) is 3.33. The number of nitrogens with one attached hydrogen (secondary N) is 1. The Hall–Kier alpha value is -2.07. The van der Waals surface area contributed by atoms with E-state index in [9.17, 15) is 0 Å². The second-order valence-corrected chi connectivity index (χ2v) is 4.98. The number of fused-ring (bicyclic) bond motifs is 1. The van der Waals surface area contributed by atoms with Gasteiger partial charge in [-0.25, -0.2) is 9.97 Å². The first-order chi connectivity index (χ1) is 9.36. The lowest BCUT2D eigenvalue weighted by atomic mass is 10.2. The first-order valence-corrected chi connectivity index (χ1v) is 7.20. The molecular formula is C15H13N3S. The minimum Gasteiger partial charge on any atom is -0.340 e. The van der Waals surface area contributed by atoms with E-state index < -0.39 is 0 Å². The number of hydrogen-bond donors (Lipinski definition) is 1. The van der Waals surface area contributed by atoms with Gasteiger partial charge in [0.1, 0.15) is 12.1 Å². The van der Waals surface area contributed by atoms with Gasteiger partial charge in [-0.3, -0.25) is 0 Å². The lowest BCUT2D eigenvalue weighted by Crippen LogP contribution is -1.95. The van der Waals surface area contributed by atoms with Crippen molar-refractivity contribution in [2.75, 3.05) is 11.6 Å². The van der Waals surface area contributed by atoms with Gasteiger partial charge in [-0.1, -0.05) is 18.2 Å². The lowest BCUT2D eigenvalue weighted by Gasteiger charge is -2.09. The van der Waals surface area contributed by atoms with Crippen molar-refractivity contribution in [2.45, 2.75) is 4.90 Å². The van der Waals surface area contributed by atoms with Gasteiger partial charge in [-0.2, -0.15) is 0 Å². The number of rotatable bonds is 3. The van der Waals surface area contributed by atoms with Gasteiger partial charge in [-0.05, 0) is 36.6 Å². The van der Waals surface area contributed by atoms with E-state index in [-0.39, 0.29) is 0 Å². The molecular weight excluding hydrogens is 254 g/mol. The normalized spacial score (nSPS) is 10.6. The number of anilines is 2. The Labute approximate surface area is 116 Å². The van der Waals surface area contributed by atoms with Crippen molar-refractivity contribution in [3.05, 3.63) is 54.9 Å². The number of nitrogens with zero attached hydrogens (tertiary/aromatic N) is 2.